The molecule has 1 aromatic rings. The van der Waals surface area contributed by atoms with Gasteiger partial charge in [0, 0.05) is 30.9 Å². The summed E-state index contributed by atoms with van der Waals surface area (Å²) in [5.41, 5.74) is -0.874. The summed E-state index contributed by atoms with van der Waals surface area (Å²) in [7, 11) is 0. The average molecular weight is 629 g/mol. The van der Waals surface area contributed by atoms with E-state index in [1.165, 1.54) is 37.5 Å². The number of likely N-dealkylation sites (tertiary alicyclic amines) is 2. The van der Waals surface area contributed by atoms with E-state index in [1.807, 2.05) is 12.2 Å². The van der Waals surface area contributed by atoms with E-state index in [4.69, 9.17) is 16.3 Å². The molecule has 0 radical (unpaired) electrons. The highest BCUT2D eigenvalue weighted by Crippen LogP contribution is 2.55. The zero-order chi connectivity index (χ0) is 31.2. The normalized spacial score (nSPS) is 36.5. The van der Waals surface area contributed by atoms with E-state index in [9.17, 15) is 18.8 Å². The SMILES string of the molecule is CCC1CCCCN1CCCN1C(=O)C2C(C(=O)Nc3ccc(F)c(Cl)c3)C3C=CC2(O3)C1C(=O)NC1CCCC(C)C1C. The molecule has 3 amide bonds. The first-order chi connectivity index (χ1) is 21.1. The van der Waals surface area contributed by atoms with Gasteiger partial charge in [0.1, 0.15) is 17.5 Å². The molecule has 4 heterocycles. The highest BCUT2D eigenvalue weighted by atomic mass is 35.5. The number of anilines is 1. The van der Waals surface area contributed by atoms with Crippen LogP contribution in [-0.2, 0) is 19.1 Å². The average Bonchev–Trinajstić information content (AvgIpc) is 3.65. The zero-order valence-corrected chi connectivity index (χ0v) is 26.8. The van der Waals surface area contributed by atoms with E-state index < -0.39 is 41.3 Å². The Bertz CT molecular complexity index is 1310. The molecule has 1 aliphatic carbocycles. The Morgan fingerprint density at radius 2 is 1.93 bits per heavy atom. The topological polar surface area (TPSA) is 91.0 Å². The number of carbonyl (C=O) groups excluding carboxylic acids is 3. The number of fused-ring (bicyclic) bond motifs is 1. The van der Waals surface area contributed by atoms with Gasteiger partial charge in [0.15, 0.2) is 0 Å². The first-order valence-corrected chi connectivity index (χ1v) is 17.0. The van der Waals surface area contributed by atoms with Crippen molar-refractivity contribution in [1.29, 1.82) is 0 Å². The van der Waals surface area contributed by atoms with Crippen LogP contribution in [0.1, 0.15) is 72.1 Å². The van der Waals surface area contributed by atoms with Crippen LogP contribution in [0.5, 0.6) is 0 Å². The fourth-order valence-corrected chi connectivity index (χ4v) is 8.80. The number of benzene rings is 1. The van der Waals surface area contributed by atoms with Crippen molar-refractivity contribution in [3.05, 3.63) is 41.2 Å². The number of hydrogen-bond acceptors (Lipinski definition) is 5. The Morgan fingerprint density at radius 3 is 2.70 bits per heavy atom. The Hall–Kier alpha value is -2.49. The first kappa shape index (κ1) is 31.5. The Morgan fingerprint density at radius 1 is 1.11 bits per heavy atom. The fourth-order valence-electron chi connectivity index (χ4n) is 8.62. The third kappa shape index (κ3) is 5.58. The van der Waals surface area contributed by atoms with Crippen molar-refractivity contribution >= 4 is 35.0 Å². The number of nitrogens with one attached hydrogen (secondary N) is 2. The number of amides is 3. The van der Waals surface area contributed by atoms with Crippen molar-refractivity contribution in [3.63, 3.8) is 0 Å². The minimum absolute atomic E-state index is 0.0298. The predicted molar refractivity (Wildman–Crippen MR) is 167 cm³/mol. The maximum absolute atomic E-state index is 14.3. The first-order valence-electron chi connectivity index (χ1n) is 16.6. The molecule has 6 rings (SSSR count). The van der Waals surface area contributed by atoms with Gasteiger partial charge in [-0.25, -0.2) is 4.39 Å². The molecule has 10 heteroatoms. The zero-order valence-electron chi connectivity index (χ0n) is 26.1. The highest BCUT2D eigenvalue weighted by Gasteiger charge is 2.72. The molecule has 2 N–H and O–H groups in total. The number of hydrogen-bond donors (Lipinski definition) is 2. The molecule has 0 aromatic heterocycles. The molecular formula is C34H46ClFN4O4. The molecule has 44 heavy (non-hydrogen) atoms. The maximum atomic E-state index is 14.3. The second-order valence-corrected chi connectivity index (χ2v) is 14.1. The quantitative estimate of drug-likeness (QED) is 0.369. The van der Waals surface area contributed by atoms with Gasteiger partial charge in [-0.1, -0.05) is 63.8 Å². The van der Waals surface area contributed by atoms with Crippen molar-refractivity contribution in [2.75, 3.05) is 25.0 Å². The summed E-state index contributed by atoms with van der Waals surface area (Å²) in [4.78, 5) is 46.5. The third-order valence-corrected chi connectivity index (χ3v) is 11.5. The van der Waals surface area contributed by atoms with E-state index in [0.29, 0.717) is 30.1 Å². The Balaban J connectivity index is 1.25. The van der Waals surface area contributed by atoms with Gasteiger partial charge in [0.25, 0.3) is 0 Å². The lowest BCUT2D eigenvalue weighted by Crippen LogP contribution is -2.58. The number of carbonyl (C=O) groups is 3. The van der Waals surface area contributed by atoms with Crippen molar-refractivity contribution < 1.29 is 23.5 Å². The van der Waals surface area contributed by atoms with Gasteiger partial charge in [0.2, 0.25) is 17.7 Å². The maximum Gasteiger partial charge on any atom is 0.246 e. The summed E-state index contributed by atoms with van der Waals surface area (Å²) in [5, 5.41) is 6.04. The van der Waals surface area contributed by atoms with Crippen LogP contribution in [0.25, 0.3) is 0 Å². The highest BCUT2D eigenvalue weighted by molar-refractivity contribution is 6.31. The minimum Gasteiger partial charge on any atom is -0.359 e. The lowest BCUT2D eigenvalue weighted by Gasteiger charge is -2.38. The molecule has 8 nitrogen and oxygen atoms in total. The van der Waals surface area contributed by atoms with Crippen LogP contribution in [0.4, 0.5) is 10.1 Å². The summed E-state index contributed by atoms with van der Waals surface area (Å²) >= 11 is 5.96. The molecule has 240 valence electrons. The smallest absolute Gasteiger partial charge is 0.246 e. The number of ether oxygens (including phenoxy) is 1. The summed E-state index contributed by atoms with van der Waals surface area (Å²) in [6.45, 7) is 8.99. The summed E-state index contributed by atoms with van der Waals surface area (Å²) in [5.74, 6) is -2.23. The van der Waals surface area contributed by atoms with Crippen molar-refractivity contribution in [1.82, 2.24) is 15.1 Å². The van der Waals surface area contributed by atoms with Crippen LogP contribution in [-0.4, -0.2) is 77.0 Å². The fraction of sp³-hybridized carbons (Fsp3) is 0.676. The van der Waals surface area contributed by atoms with E-state index in [2.05, 4.69) is 36.3 Å². The molecule has 4 aliphatic heterocycles. The van der Waals surface area contributed by atoms with Gasteiger partial charge in [-0.15, -0.1) is 0 Å². The largest absolute Gasteiger partial charge is 0.359 e. The van der Waals surface area contributed by atoms with Crippen molar-refractivity contribution in [3.8, 4) is 0 Å². The number of nitrogens with zero attached hydrogens (tertiary/aromatic N) is 2. The van der Waals surface area contributed by atoms with Crippen LogP contribution >= 0.6 is 11.6 Å². The molecule has 5 aliphatic rings. The van der Waals surface area contributed by atoms with Crippen molar-refractivity contribution in [2.24, 2.45) is 23.7 Å². The predicted octanol–water partition coefficient (Wildman–Crippen LogP) is 5.16. The number of halogens is 2. The Labute approximate surface area is 265 Å². The van der Waals surface area contributed by atoms with E-state index in [1.54, 1.807) is 4.90 Å². The second-order valence-electron chi connectivity index (χ2n) is 13.7. The monoisotopic (exact) mass is 628 g/mol. The molecule has 9 atom stereocenters. The third-order valence-electron chi connectivity index (χ3n) is 11.2. The molecule has 9 unspecified atom stereocenters. The summed E-state index contributed by atoms with van der Waals surface area (Å²) in [6.07, 6.45) is 11.6. The van der Waals surface area contributed by atoms with Crippen LogP contribution in [0.3, 0.4) is 0 Å². The lowest BCUT2D eigenvalue weighted by molar-refractivity contribution is -0.141. The van der Waals surface area contributed by atoms with Crippen LogP contribution in [0.15, 0.2) is 30.4 Å². The summed E-state index contributed by atoms with van der Waals surface area (Å²) < 4.78 is 20.3. The van der Waals surface area contributed by atoms with Crippen LogP contribution in [0, 0.1) is 29.5 Å². The van der Waals surface area contributed by atoms with Gasteiger partial charge in [0.05, 0.1) is 23.0 Å². The van der Waals surface area contributed by atoms with Gasteiger partial charge in [-0.2, -0.15) is 0 Å². The molecule has 2 bridgehead atoms. The molecule has 1 spiro atoms. The molecule has 1 saturated carbocycles. The molecule has 4 fully saturated rings. The number of piperidine rings is 1. The van der Waals surface area contributed by atoms with Gasteiger partial charge in [-0.3, -0.25) is 14.4 Å². The van der Waals surface area contributed by atoms with E-state index in [-0.39, 0.29) is 22.9 Å². The van der Waals surface area contributed by atoms with E-state index >= 15 is 0 Å². The van der Waals surface area contributed by atoms with Crippen molar-refractivity contribution in [2.45, 2.75) is 102 Å². The summed E-state index contributed by atoms with van der Waals surface area (Å²) in [6, 6.07) is 3.71. The van der Waals surface area contributed by atoms with Gasteiger partial charge < -0.3 is 25.2 Å². The number of rotatable bonds is 9. The molecular weight excluding hydrogens is 583 g/mol. The van der Waals surface area contributed by atoms with Gasteiger partial charge in [-0.05, 0) is 68.7 Å². The molecule has 3 saturated heterocycles. The van der Waals surface area contributed by atoms with E-state index in [0.717, 1.165) is 45.2 Å². The lowest BCUT2D eigenvalue weighted by atomic mass is 9.73. The van der Waals surface area contributed by atoms with Crippen LogP contribution in [0.2, 0.25) is 5.02 Å². The van der Waals surface area contributed by atoms with Gasteiger partial charge >= 0.3 is 0 Å². The van der Waals surface area contributed by atoms with Crippen LogP contribution < -0.4 is 10.6 Å². The second kappa shape index (κ2) is 12.7. The molecule has 1 aromatic carbocycles. The minimum atomic E-state index is -1.21. The standard InChI is InChI=1S/C34H46ClFN4O4/c1-4-23-10-5-6-16-39(23)17-8-18-40-30(32(42)38-26-11-7-9-20(2)21(26)3)34-15-14-27(44-34)28(29(34)33(40)43)31(41)37-22-12-13-25(36)24(35)19-22/h12-15,19-21,23,26-30H,4-11,16-18H2,1-3H3,(H,37,41)(H,38,42). The Kier molecular flexibility index (Phi) is 9.10.